The van der Waals surface area contributed by atoms with Gasteiger partial charge in [0.25, 0.3) is 0 Å². The first-order chi connectivity index (χ1) is 4.34. The smallest absolute Gasteiger partial charge is 0.246 e. The van der Waals surface area contributed by atoms with Crippen molar-refractivity contribution in [2.45, 2.75) is 19.8 Å². The first kappa shape index (κ1) is 6.55. The molecule has 1 saturated heterocycles. The van der Waals surface area contributed by atoms with Gasteiger partial charge >= 0.3 is 0 Å². The van der Waals surface area contributed by atoms with Gasteiger partial charge in [0.05, 0.1) is 6.61 Å². The molecule has 0 aromatic heterocycles. The summed E-state index contributed by atoms with van der Waals surface area (Å²) in [7, 11) is 0. The molecule has 1 rings (SSSR count). The van der Waals surface area contributed by atoms with E-state index in [4.69, 9.17) is 4.84 Å². The third kappa shape index (κ3) is 1.42. The van der Waals surface area contributed by atoms with Crippen molar-refractivity contribution in [1.29, 1.82) is 0 Å². The van der Waals surface area contributed by atoms with Crippen molar-refractivity contribution < 1.29 is 9.63 Å². The molecule has 1 fully saturated rings. The van der Waals surface area contributed by atoms with Gasteiger partial charge in [-0.25, -0.2) is 5.48 Å². The van der Waals surface area contributed by atoms with E-state index in [1.807, 2.05) is 6.92 Å². The first-order valence-corrected chi connectivity index (χ1v) is 3.26. The molecule has 9 heavy (non-hydrogen) atoms. The monoisotopic (exact) mass is 129 g/mol. The number of hydroxylamine groups is 1. The molecular weight excluding hydrogens is 118 g/mol. The van der Waals surface area contributed by atoms with Crippen molar-refractivity contribution in [3.05, 3.63) is 0 Å². The SMILES string of the molecule is CCC1CCONC1=O. The zero-order valence-electron chi connectivity index (χ0n) is 5.52. The minimum atomic E-state index is 0.0313. The van der Waals surface area contributed by atoms with Gasteiger partial charge in [-0.2, -0.15) is 0 Å². The molecule has 1 aliphatic rings. The van der Waals surface area contributed by atoms with E-state index in [0.29, 0.717) is 6.61 Å². The fraction of sp³-hybridized carbons (Fsp3) is 0.833. The van der Waals surface area contributed by atoms with Crippen LogP contribution in [0.1, 0.15) is 19.8 Å². The maximum Gasteiger partial charge on any atom is 0.246 e. The quantitative estimate of drug-likeness (QED) is 0.558. The van der Waals surface area contributed by atoms with Gasteiger partial charge < -0.3 is 0 Å². The van der Waals surface area contributed by atoms with Gasteiger partial charge in [0.2, 0.25) is 5.91 Å². The van der Waals surface area contributed by atoms with Crippen molar-refractivity contribution in [3.8, 4) is 0 Å². The van der Waals surface area contributed by atoms with Gasteiger partial charge in [-0.05, 0) is 12.8 Å². The zero-order valence-corrected chi connectivity index (χ0v) is 5.52. The van der Waals surface area contributed by atoms with Gasteiger partial charge in [0, 0.05) is 5.92 Å². The van der Waals surface area contributed by atoms with Crippen LogP contribution in [0.2, 0.25) is 0 Å². The third-order valence-corrected chi connectivity index (χ3v) is 1.60. The molecule has 0 radical (unpaired) electrons. The van der Waals surface area contributed by atoms with Crippen molar-refractivity contribution in [2.75, 3.05) is 6.61 Å². The average Bonchev–Trinajstić information content (AvgIpc) is 1.89. The minimum Gasteiger partial charge on any atom is -0.274 e. The molecule has 0 bridgehead atoms. The van der Waals surface area contributed by atoms with E-state index in [9.17, 15) is 4.79 Å². The van der Waals surface area contributed by atoms with Crippen molar-refractivity contribution in [3.63, 3.8) is 0 Å². The van der Waals surface area contributed by atoms with Gasteiger partial charge in [-0.1, -0.05) is 6.92 Å². The van der Waals surface area contributed by atoms with Crippen LogP contribution in [0.15, 0.2) is 0 Å². The number of nitrogens with one attached hydrogen (secondary N) is 1. The Morgan fingerprint density at radius 1 is 1.89 bits per heavy atom. The lowest BCUT2D eigenvalue weighted by Crippen LogP contribution is -2.36. The molecule has 0 aliphatic carbocycles. The maximum absolute atomic E-state index is 10.8. The van der Waals surface area contributed by atoms with E-state index < -0.39 is 0 Å². The van der Waals surface area contributed by atoms with Gasteiger partial charge in [0.15, 0.2) is 0 Å². The maximum atomic E-state index is 10.8. The highest BCUT2D eigenvalue weighted by molar-refractivity contribution is 5.77. The second-order valence-electron chi connectivity index (χ2n) is 2.21. The van der Waals surface area contributed by atoms with E-state index >= 15 is 0 Å². The van der Waals surface area contributed by atoms with E-state index in [0.717, 1.165) is 12.8 Å². The Morgan fingerprint density at radius 2 is 2.67 bits per heavy atom. The topological polar surface area (TPSA) is 38.3 Å². The summed E-state index contributed by atoms with van der Waals surface area (Å²) < 4.78 is 0. The minimum absolute atomic E-state index is 0.0313. The summed E-state index contributed by atoms with van der Waals surface area (Å²) in [5, 5.41) is 0. The van der Waals surface area contributed by atoms with E-state index in [1.54, 1.807) is 0 Å². The summed E-state index contributed by atoms with van der Waals surface area (Å²) in [6, 6.07) is 0. The van der Waals surface area contributed by atoms with Crippen LogP contribution in [0.4, 0.5) is 0 Å². The van der Waals surface area contributed by atoms with E-state index in [2.05, 4.69) is 5.48 Å². The fourth-order valence-electron chi connectivity index (χ4n) is 0.927. The molecule has 1 aliphatic heterocycles. The molecular formula is C6H11NO2. The predicted octanol–water partition coefficient (Wildman–Crippen LogP) is 0.464. The van der Waals surface area contributed by atoms with Gasteiger partial charge in [-0.3, -0.25) is 9.63 Å². The zero-order chi connectivity index (χ0) is 6.69. The third-order valence-electron chi connectivity index (χ3n) is 1.60. The Balaban J connectivity index is 2.39. The molecule has 1 heterocycles. The summed E-state index contributed by atoms with van der Waals surface area (Å²) >= 11 is 0. The van der Waals surface area contributed by atoms with Crippen LogP contribution in [-0.4, -0.2) is 12.5 Å². The van der Waals surface area contributed by atoms with Crippen LogP contribution >= 0.6 is 0 Å². The first-order valence-electron chi connectivity index (χ1n) is 3.26. The Morgan fingerprint density at radius 3 is 3.11 bits per heavy atom. The number of carbonyl (C=O) groups is 1. The normalized spacial score (nSPS) is 27.7. The molecule has 0 aromatic rings. The lowest BCUT2D eigenvalue weighted by molar-refractivity contribution is -0.145. The van der Waals surface area contributed by atoms with Crippen LogP contribution in [0.5, 0.6) is 0 Å². The number of amides is 1. The molecule has 1 unspecified atom stereocenters. The number of carbonyl (C=O) groups excluding carboxylic acids is 1. The van der Waals surface area contributed by atoms with Crippen LogP contribution in [-0.2, 0) is 9.63 Å². The van der Waals surface area contributed by atoms with Crippen molar-refractivity contribution >= 4 is 5.91 Å². The number of hydrogen-bond donors (Lipinski definition) is 1. The Labute approximate surface area is 54.3 Å². The lowest BCUT2D eigenvalue weighted by Gasteiger charge is -2.19. The summed E-state index contributed by atoms with van der Waals surface area (Å²) in [5.41, 5.74) is 2.34. The van der Waals surface area contributed by atoms with Crippen molar-refractivity contribution in [1.82, 2.24) is 5.48 Å². The Hall–Kier alpha value is -0.570. The standard InChI is InChI=1S/C6H11NO2/c1-2-5-3-4-9-7-6(5)8/h5H,2-4H2,1H3,(H,7,8). The van der Waals surface area contributed by atoms with Crippen LogP contribution in [0.3, 0.4) is 0 Å². The largest absolute Gasteiger partial charge is 0.274 e. The molecule has 3 nitrogen and oxygen atoms in total. The summed E-state index contributed by atoms with van der Waals surface area (Å²) in [4.78, 5) is 15.5. The van der Waals surface area contributed by atoms with Gasteiger partial charge in [0.1, 0.15) is 0 Å². The van der Waals surface area contributed by atoms with E-state index in [1.165, 1.54) is 0 Å². The highest BCUT2D eigenvalue weighted by Crippen LogP contribution is 2.11. The number of rotatable bonds is 1. The van der Waals surface area contributed by atoms with Crippen LogP contribution in [0, 0.1) is 5.92 Å². The highest BCUT2D eigenvalue weighted by Gasteiger charge is 2.19. The fourth-order valence-corrected chi connectivity index (χ4v) is 0.927. The second-order valence-corrected chi connectivity index (χ2v) is 2.21. The average molecular weight is 129 g/mol. The van der Waals surface area contributed by atoms with Crippen LogP contribution in [0.25, 0.3) is 0 Å². The molecule has 3 heteroatoms. The summed E-state index contributed by atoms with van der Waals surface area (Å²) in [6.45, 7) is 2.67. The number of hydrogen-bond acceptors (Lipinski definition) is 2. The lowest BCUT2D eigenvalue weighted by atomic mass is 10.0. The Bertz CT molecular complexity index is 114. The molecule has 52 valence electrons. The molecule has 0 saturated carbocycles. The van der Waals surface area contributed by atoms with Gasteiger partial charge in [-0.15, -0.1) is 0 Å². The molecule has 1 amide bonds. The molecule has 0 spiro atoms. The summed E-state index contributed by atoms with van der Waals surface area (Å²) in [6.07, 6.45) is 1.78. The highest BCUT2D eigenvalue weighted by atomic mass is 16.7. The van der Waals surface area contributed by atoms with E-state index in [-0.39, 0.29) is 11.8 Å². The summed E-state index contributed by atoms with van der Waals surface area (Å²) in [5.74, 6) is 0.211. The predicted molar refractivity (Wildman–Crippen MR) is 32.5 cm³/mol. The second kappa shape index (κ2) is 2.82. The molecule has 1 atom stereocenters. The van der Waals surface area contributed by atoms with Crippen molar-refractivity contribution in [2.24, 2.45) is 5.92 Å². The van der Waals surface area contributed by atoms with Crippen LogP contribution < -0.4 is 5.48 Å². The molecule has 1 N–H and O–H groups in total. The Kier molecular flexibility index (Phi) is 2.05. The molecule has 0 aromatic carbocycles.